The minimum Gasteiger partial charge on any atom is -0.496 e. The summed E-state index contributed by atoms with van der Waals surface area (Å²) in [7, 11) is 1.53. The lowest BCUT2D eigenvalue weighted by atomic mass is 10.1. The topological polar surface area (TPSA) is 47.6 Å². The van der Waals surface area contributed by atoms with Crippen LogP contribution in [0, 0.1) is 0 Å². The van der Waals surface area contributed by atoms with E-state index in [1.807, 2.05) is 12.1 Å². The van der Waals surface area contributed by atoms with Gasteiger partial charge in [-0.1, -0.05) is 30.3 Å². The van der Waals surface area contributed by atoms with E-state index in [2.05, 4.69) is 10.1 Å². The molecule has 4 nitrogen and oxygen atoms in total. The summed E-state index contributed by atoms with van der Waals surface area (Å²) in [6.07, 6.45) is -4.58. The lowest BCUT2D eigenvalue weighted by molar-refractivity contribution is -0.274. The van der Waals surface area contributed by atoms with E-state index in [0.717, 1.165) is 5.56 Å². The van der Waals surface area contributed by atoms with Crippen LogP contribution in [0.25, 0.3) is 0 Å². The molecule has 0 radical (unpaired) electrons. The first-order valence-electron chi connectivity index (χ1n) is 7.55. The van der Waals surface area contributed by atoms with Crippen LogP contribution in [0.3, 0.4) is 0 Å². The van der Waals surface area contributed by atoms with Crippen LogP contribution >= 0.6 is 0 Å². The monoisotopic (exact) mass is 353 g/mol. The van der Waals surface area contributed by atoms with Crippen molar-refractivity contribution in [3.8, 4) is 11.5 Å². The molecule has 0 bridgehead atoms. The molecular weight excluding hydrogens is 335 g/mol. The van der Waals surface area contributed by atoms with Gasteiger partial charge in [0.2, 0.25) is 5.91 Å². The van der Waals surface area contributed by atoms with Crippen LogP contribution in [0.4, 0.5) is 13.2 Å². The van der Waals surface area contributed by atoms with Gasteiger partial charge in [0.25, 0.3) is 0 Å². The van der Waals surface area contributed by atoms with Gasteiger partial charge in [-0.15, -0.1) is 13.2 Å². The number of nitrogens with one attached hydrogen (secondary N) is 1. The normalized spacial score (nSPS) is 12.4. The Morgan fingerprint density at radius 3 is 2.36 bits per heavy atom. The van der Waals surface area contributed by atoms with Gasteiger partial charge in [-0.05, 0) is 30.7 Å². The van der Waals surface area contributed by atoms with Crippen molar-refractivity contribution in [3.05, 3.63) is 59.7 Å². The third-order valence-corrected chi connectivity index (χ3v) is 3.53. The van der Waals surface area contributed by atoms with Gasteiger partial charge in [0.1, 0.15) is 11.5 Å². The number of carbonyl (C=O) groups is 1. The first-order chi connectivity index (χ1) is 11.8. The zero-order chi connectivity index (χ0) is 18.4. The van der Waals surface area contributed by atoms with Crippen molar-refractivity contribution in [3.63, 3.8) is 0 Å². The van der Waals surface area contributed by atoms with Gasteiger partial charge in [0, 0.05) is 5.56 Å². The maximum Gasteiger partial charge on any atom is 0.573 e. The number of methoxy groups -OCH3 is 1. The predicted octanol–water partition coefficient (Wildman–Crippen LogP) is 4.01. The van der Waals surface area contributed by atoms with Gasteiger partial charge in [-0.25, -0.2) is 0 Å². The highest BCUT2D eigenvalue weighted by molar-refractivity contribution is 5.79. The number of hydrogen-bond acceptors (Lipinski definition) is 3. The van der Waals surface area contributed by atoms with Crippen LogP contribution in [-0.2, 0) is 11.2 Å². The van der Waals surface area contributed by atoms with Crippen LogP contribution in [0.2, 0.25) is 0 Å². The van der Waals surface area contributed by atoms with Gasteiger partial charge in [0.15, 0.2) is 0 Å². The summed E-state index contributed by atoms with van der Waals surface area (Å²) >= 11 is 0. The van der Waals surface area contributed by atoms with Crippen molar-refractivity contribution in [2.75, 3.05) is 7.11 Å². The standard InChI is InChI=1S/C18H18F3NO3/c1-12(13-7-9-15(10-8-13)25-18(19,20)21)22-17(23)11-14-5-3-4-6-16(14)24-2/h3-10,12H,11H2,1-2H3,(H,22,23). The minimum absolute atomic E-state index is 0.142. The summed E-state index contributed by atoms with van der Waals surface area (Å²) in [4.78, 5) is 12.2. The van der Waals surface area contributed by atoms with E-state index >= 15 is 0 Å². The Kier molecular flexibility index (Phi) is 5.90. The third-order valence-electron chi connectivity index (χ3n) is 3.53. The molecule has 0 saturated heterocycles. The molecule has 2 rings (SSSR count). The molecule has 1 unspecified atom stereocenters. The number of para-hydroxylation sites is 1. The van der Waals surface area contributed by atoms with Crippen molar-refractivity contribution in [2.24, 2.45) is 0 Å². The lowest BCUT2D eigenvalue weighted by Gasteiger charge is -2.16. The van der Waals surface area contributed by atoms with Crippen molar-refractivity contribution in [2.45, 2.75) is 25.7 Å². The van der Waals surface area contributed by atoms with Crippen molar-refractivity contribution in [1.29, 1.82) is 0 Å². The van der Waals surface area contributed by atoms with E-state index in [4.69, 9.17) is 4.74 Å². The molecule has 0 spiro atoms. The van der Waals surface area contributed by atoms with E-state index in [-0.39, 0.29) is 24.1 Å². The number of alkyl halides is 3. The molecule has 1 atom stereocenters. The number of amides is 1. The fourth-order valence-corrected chi connectivity index (χ4v) is 2.36. The SMILES string of the molecule is COc1ccccc1CC(=O)NC(C)c1ccc(OC(F)(F)F)cc1. The van der Waals surface area contributed by atoms with Gasteiger partial charge < -0.3 is 14.8 Å². The molecule has 25 heavy (non-hydrogen) atoms. The smallest absolute Gasteiger partial charge is 0.496 e. The third kappa shape index (κ3) is 5.70. The number of ether oxygens (including phenoxy) is 2. The average Bonchev–Trinajstić information content (AvgIpc) is 2.54. The Hall–Kier alpha value is -2.70. The number of carbonyl (C=O) groups excluding carboxylic acids is 1. The first kappa shape index (κ1) is 18.6. The summed E-state index contributed by atoms with van der Waals surface area (Å²) in [5.41, 5.74) is 1.42. The van der Waals surface area contributed by atoms with E-state index < -0.39 is 6.36 Å². The van der Waals surface area contributed by atoms with Crippen LogP contribution in [0.15, 0.2) is 48.5 Å². The van der Waals surface area contributed by atoms with Crippen LogP contribution in [0.5, 0.6) is 11.5 Å². The number of benzene rings is 2. The summed E-state index contributed by atoms with van der Waals surface area (Å²) in [6.45, 7) is 1.75. The van der Waals surface area contributed by atoms with Gasteiger partial charge in [-0.3, -0.25) is 4.79 Å². The second kappa shape index (κ2) is 7.92. The maximum absolute atomic E-state index is 12.2. The number of halogens is 3. The molecule has 0 aromatic heterocycles. The Morgan fingerprint density at radius 2 is 1.76 bits per heavy atom. The summed E-state index contributed by atoms with van der Waals surface area (Å²) < 4.78 is 45.5. The highest BCUT2D eigenvalue weighted by Crippen LogP contribution is 2.24. The average molecular weight is 353 g/mol. The second-order valence-electron chi connectivity index (χ2n) is 5.39. The van der Waals surface area contributed by atoms with Crippen LogP contribution < -0.4 is 14.8 Å². The molecular formula is C18H18F3NO3. The molecule has 134 valence electrons. The fourth-order valence-electron chi connectivity index (χ4n) is 2.36. The van der Waals surface area contributed by atoms with Crippen molar-refractivity contribution < 1.29 is 27.4 Å². The molecule has 0 saturated carbocycles. The molecule has 0 heterocycles. The number of hydrogen-bond donors (Lipinski definition) is 1. The molecule has 7 heteroatoms. The first-order valence-corrected chi connectivity index (χ1v) is 7.55. The Bertz CT molecular complexity index is 714. The Labute approximate surface area is 143 Å². The van der Waals surface area contributed by atoms with Crippen LogP contribution in [-0.4, -0.2) is 19.4 Å². The summed E-state index contributed by atoms with van der Waals surface area (Å²) in [5, 5.41) is 2.81. The molecule has 2 aromatic rings. The maximum atomic E-state index is 12.2. The summed E-state index contributed by atoms with van der Waals surface area (Å²) in [6, 6.07) is 12.2. The summed E-state index contributed by atoms with van der Waals surface area (Å²) in [5.74, 6) is 0.107. The van der Waals surface area contributed by atoms with Gasteiger partial charge in [-0.2, -0.15) is 0 Å². The van der Waals surface area contributed by atoms with Crippen molar-refractivity contribution in [1.82, 2.24) is 5.32 Å². The zero-order valence-corrected chi connectivity index (χ0v) is 13.8. The Balaban J connectivity index is 1.97. The fraction of sp³-hybridized carbons (Fsp3) is 0.278. The highest BCUT2D eigenvalue weighted by atomic mass is 19.4. The predicted molar refractivity (Wildman–Crippen MR) is 86.4 cm³/mol. The highest BCUT2D eigenvalue weighted by Gasteiger charge is 2.31. The molecule has 0 aliphatic carbocycles. The van der Waals surface area contributed by atoms with Crippen molar-refractivity contribution >= 4 is 5.91 Å². The van der Waals surface area contributed by atoms with E-state index in [9.17, 15) is 18.0 Å². The van der Waals surface area contributed by atoms with E-state index in [0.29, 0.717) is 11.3 Å². The minimum atomic E-state index is -4.73. The Morgan fingerprint density at radius 1 is 1.12 bits per heavy atom. The van der Waals surface area contributed by atoms with Gasteiger partial charge in [0.05, 0.1) is 19.6 Å². The van der Waals surface area contributed by atoms with Gasteiger partial charge >= 0.3 is 6.36 Å². The quantitative estimate of drug-likeness (QED) is 0.853. The largest absolute Gasteiger partial charge is 0.573 e. The molecule has 2 aromatic carbocycles. The molecule has 1 N–H and O–H groups in total. The zero-order valence-electron chi connectivity index (χ0n) is 13.8. The second-order valence-corrected chi connectivity index (χ2v) is 5.39. The molecule has 0 aliphatic rings. The van der Waals surface area contributed by atoms with E-state index in [1.165, 1.54) is 31.4 Å². The molecule has 0 fully saturated rings. The van der Waals surface area contributed by atoms with E-state index in [1.54, 1.807) is 19.1 Å². The molecule has 0 aliphatic heterocycles. The number of rotatable bonds is 6. The lowest BCUT2D eigenvalue weighted by Crippen LogP contribution is -2.28. The van der Waals surface area contributed by atoms with Crippen LogP contribution in [0.1, 0.15) is 24.1 Å². The molecule has 1 amide bonds.